The van der Waals surface area contributed by atoms with Gasteiger partial charge in [-0.2, -0.15) is 26.3 Å². The van der Waals surface area contributed by atoms with Crippen molar-refractivity contribution in [3.63, 3.8) is 0 Å². The summed E-state index contributed by atoms with van der Waals surface area (Å²) >= 11 is 0. The summed E-state index contributed by atoms with van der Waals surface area (Å²) in [5.41, 5.74) is 13.4. The summed E-state index contributed by atoms with van der Waals surface area (Å²) < 4.78 is 98.6. The molecule has 228 valence electrons. The molecule has 0 spiro atoms. The van der Waals surface area contributed by atoms with Crippen molar-refractivity contribution >= 4 is 33.5 Å². The summed E-state index contributed by atoms with van der Waals surface area (Å²) in [5.74, 6) is -5.04. The average molecular weight is 619 g/mol. The van der Waals surface area contributed by atoms with Crippen LogP contribution in [0, 0.1) is 6.92 Å². The molecule has 2 unspecified atom stereocenters. The van der Waals surface area contributed by atoms with Gasteiger partial charge in [0.05, 0.1) is 11.3 Å². The molecular weight excluding hydrogens is 594 g/mol. The fourth-order valence-electron chi connectivity index (χ4n) is 3.10. The number of primary amides is 1. The number of benzene rings is 1. The molecule has 1 heterocycles. The molecule has 2 atom stereocenters. The number of carboxylic acid groups (broad SMARTS) is 1. The van der Waals surface area contributed by atoms with Crippen LogP contribution >= 0.6 is 0 Å². The maximum absolute atomic E-state index is 13.0. The van der Waals surface area contributed by atoms with E-state index in [-0.39, 0.29) is 11.3 Å². The lowest BCUT2D eigenvalue weighted by Crippen LogP contribution is -2.42. The molecule has 0 aliphatic heterocycles. The number of carbonyl (C=O) groups is 2. The number of carbonyl (C=O) groups excluding carboxylic acids is 1. The number of carboxylic acids is 1. The summed E-state index contributed by atoms with van der Waals surface area (Å²) in [6.45, 7) is 2.82. The first-order valence-corrected chi connectivity index (χ1v) is 12.4. The highest BCUT2D eigenvalue weighted by molar-refractivity contribution is 7.91. The number of amides is 1. The van der Waals surface area contributed by atoms with Gasteiger partial charge in [0.2, 0.25) is 21.9 Å². The van der Waals surface area contributed by atoms with Crippen LogP contribution in [0.5, 0.6) is 0 Å². The molecule has 0 fully saturated rings. The number of nitrogens with zero attached hydrogens (tertiary/aromatic N) is 2. The van der Waals surface area contributed by atoms with E-state index in [4.69, 9.17) is 31.9 Å². The summed E-state index contributed by atoms with van der Waals surface area (Å²) in [6.07, 6.45) is -10.9. The molecule has 0 bridgehead atoms. The second-order valence-electron chi connectivity index (χ2n) is 8.10. The number of aromatic nitrogens is 1. The van der Waals surface area contributed by atoms with Gasteiger partial charge in [0.15, 0.2) is 12.1 Å². The van der Waals surface area contributed by atoms with Crippen LogP contribution < -0.4 is 27.5 Å². The lowest BCUT2D eigenvalue weighted by atomic mass is 10.1. The van der Waals surface area contributed by atoms with E-state index >= 15 is 0 Å². The third-order valence-corrected chi connectivity index (χ3v) is 6.02. The van der Waals surface area contributed by atoms with E-state index in [2.05, 4.69) is 5.16 Å². The maximum atomic E-state index is 13.0. The van der Waals surface area contributed by atoms with E-state index in [1.807, 2.05) is 4.72 Å². The first-order valence-electron chi connectivity index (χ1n) is 10.8. The van der Waals surface area contributed by atoms with Crippen LogP contribution in [-0.4, -0.2) is 48.2 Å². The predicted octanol–water partition coefficient (Wildman–Crippen LogP) is 1.37. The van der Waals surface area contributed by atoms with Crippen LogP contribution in [0.1, 0.15) is 29.8 Å². The van der Waals surface area contributed by atoms with Crippen molar-refractivity contribution in [3.8, 4) is 0 Å². The van der Waals surface area contributed by atoms with E-state index in [9.17, 15) is 44.3 Å². The monoisotopic (exact) mass is 618 g/mol. The molecule has 1 amide bonds. The molecule has 0 saturated heterocycles. The lowest BCUT2D eigenvalue weighted by Gasteiger charge is -2.24. The number of oxime groups is 1. The topological polar surface area (TPSA) is 222 Å². The molecule has 0 radical (unpaired) electrons. The standard InChI is InChI=1S/C19H23F3N6O5S.C2HF3O2/c1-10-6-7-14(17(30)28(10)15(16(23)29)11(2)33-26-18(24)25)27-34(31,32)9-12-4-3-5-13(8-12)19(20,21)22;3-2(4,5)1(6)7/h3-8,11,15,27H,9H2,1-2H3,(H2,23,29)(H4,24,25,26);(H,6,7). The Bertz CT molecular complexity index is 1450. The second-order valence-corrected chi connectivity index (χ2v) is 9.82. The highest BCUT2D eigenvalue weighted by atomic mass is 32.2. The molecule has 0 aliphatic carbocycles. The Morgan fingerprint density at radius 3 is 2.12 bits per heavy atom. The van der Waals surface area contributed by atoms with Gasteiger partial charge in [-0.15, -0.1) is 0 Å². The van der Waals surface area contributed by atoms with Gasteiger partial charge in [0.25, 0.3) is 5.56 Å². The minimum Gasteiger partial charge on any atom is -0.475 e. The molecule has 1 aromatic heterocycles. The van der Waals surface area contributed by atoms with Gasteiger partial charge in [-0.25, -0.2) is 13.2 Å². The Hall–Kier alpha value is -4.49. The van der Waals surface area contributed by atoms with Crippen molar-refractivity contribution in [2.45, 2.75) is 44.1 Å². The van der Waals surface area contributed by atoms with Crippen LogP contribution in [-0.2, 0) is 36.4 Å². The number of aryl methyl sites for hydroxylation is 1. The zero-order valence-electron chi connectivity index (χ0n) is 21.0. The number of halogens is 6. The summed E-state index contributed by atoms with van der Waals surface area (Å²) in [7, 11) is -4.32. The molecule has 0 aliphatic rings. The Labute approximate surface area is 227 Å². The second kappa shape index (κ2) is 13.2. The SMILES string of the molecule is Cc1ccc(NS(=O)(=O)Cc2cccc(C(F)(F)F)c2)c(=O)n1C(C(N)=O)C(C)ON=C(N)N.O=C(O)C(F)(F)F. The first kappa shape index (κ1) is 34.5. The smallest absolute Gasteiger partial charge is 0.475 e. The fourth-order valence-corrected chi connectivity index (χ4v) is 4.28. The Balaban J connectivity index is 0.00000106. The first-order chi connectivity index (χ1) is 18.6. The number of guanidine groups is 1. The number of rotatable bonds is 9. The van der Waals surface area contributed by atoms with Gasteiger partial charge in [-0.3, -0.25) is 18.9 Å². The normalized spacial score (nSPS) is 13.2. The van der Waals surface area contributed by atoms with Gasteiger partial charge in [0.1, 0.15) is 5.69 Å². The van der Waals surface area contributed by atoms with E-state index in [1.54, 1.807) is 0 Å². The molecule has 2 rings (SSSR count). The van der Waals surface area contributed by atoms with Gasteiger partial charge in [-0.05, 0) is 42.8 Å². The summed E-state index contributed by atoms with van der Waals surface area (Å²) in [4.78, 5) is 39.0. The van der Waals surface area contributed by atoms with Crippen LogP contribution in [0.25, 0.3) is 0 Å². The van der Waals surface area contributed by atoms with Crippen molar-refractivity contribution in [3.05, 3.63) is 63.6 Å². The minimum atomic E-state index is -5.08. The number of nitrogens with one attached hydrogen (secondary N) is 1. The highest BCUT2D eigenvalue weighted by Crippen LogP contribution is 2.30. The van der Waals surface area contributed by atoms with E-state index in [0.29, 0.717) is 6.07 Å². The molecule has 13 nitrogen and oxygen atoms in total. The Kier molecular flexibility index (Phi) is 11.2. The largest absolute Gasteiger partial charge is 0.490 e. The van der Waals surface area contributed by atoms with Gasteiger partial charge in [0, 0.05) is 5.69 Å². The number of pyridine rings is 1. The molecular formula is C21H24F6N6O7S. The number of anilines is 1. The number of alkyl halides is 6. The maximum Gasteiger partial charge on any atom is 0.490 e. The number of hydrogen-bond donors (Lipinski definition) is 5. The van der Waals surface area contributed by atoms with E-state index in [1.165, 1.54) is 26.0 Å². The molecule has 20 heteroatoms. The number of aliphatic carboxylic acids is 1. The van der Waals surface area contributed by atoms with Crippen molar-refractivity contribution in [2.24, 2.45) is 22.4 Å². The number of hydrogen-bond acceptors (Lipinski definition) is 7. The number of sulfonamides is 1. The predicted molar refractivity (Wildman–Crippen MR) is 131 cm³/mol. The molecule has 2 aromatic rings. The van der Waals surface area contributed by atoms with Crippen molar-refractivity contribution in [2.75, 3.05) is 4.72 Å². The molecule has 41 heavy (non-hydrogen) atoms. The van der Waals surface area contributed by atoms with E-state index < -0.39 is 74.9 Å². The van der Waals surface area contributed by atoms with Gasteiger partial charge >= 0.3 is 18.3 Å². The third-order valence-electron chi connectivity index (χ3n) is 4.78. The van der Waals surface area contributed by atoms with Crippen LogP contribution in [0.15, 0.2) is 46.3 Å². The highest BCUT2D eigenvalue weighted by Gasteiger charge is 2.38. The Morgan fingerprint density at radius 1 is 1.10 bits per heavy atom. The van der Waals surface area contributed by atoms with Crippen LogP contribution in [0.3, 0.4) is 0 Å². The summed E-state index contributed by atoms with van der Waals surface area (Å²) in [6, 6.07) is 4.83. The Morgan fingerprint density at radius 2 is 1.66 bits per heavy atom. The fraction of sp³-hybridized carbons (Fsp3) is 0.333. The van der Waals surface area contributed by atoms with Crippen LogP contribution in [0.2, 0.25) is 0 Å². The lowest BCUT2D eigenvalue weighted by molar-refractivity contribution is -0.192. The zero-order chi connectivity index (χ0) is 31.9. The van der Waals surface area contributed by atoms with Crippen LogP contribution in [0.4, 0.5) is 32.0 Å². The van der Waals surface area contributed by atoms with Crippen molar-refractivity contribution in [1.29, 1.82) is 0 Å². The zero-order valence-corrected chi connectivity index (χ0v) is 21.8. The molecule has 1 aromatic carbocycles. The average Bonchev–Trinajstić information content (AvgIpc) is 2.80. The number of nitrogens with two attached hydrogens (primary N) is 3. The molecule has 0 saturated carbocycles. The minimum absolute atomic E-state index is 0.149. The van der Waals surface area contributed by atoms with Crippen molar-refractivity contribution in [1.82, 2.24) is 4.57 Å². The third kappa shape index (κ3) is 10.5. The van der Waals surface area contributed by atoms with E-state index in [0.717, 1.165) is 22.8 Å². The summed E-state index contributed by atoms with van der Waals surface area (Å²) in [5, 5.41) is 10.4. The van der Waals surface area contributed by atoms with Gasteiger partial charge < -0.3 is 27.1 Å². The quantitative estimate of drug-likeness (QED) is 0.118. The van der Waals surface area contributed by atoms with Gasteiger partial charge in [-0.1, -0.05) is 18.2 Å². The van der Waals surface area contributed by atoms with Crippen molar-refractivity contribution < 1.29 is 54.3 Å². The molecule has 8 N–H and O–H groups in total.